The first-order chi connectivity index (χ1) is 17.5. The van der Waals surface area contributed by atoms with Crippen molar-refractivity contribution in [1.29, 1.82) is 0 Å². The lowest BCUT2D eigenvalue weighted by Gasteiger charge is -2.18. The molecule has 0 radical (unpaired) electrons. The maximum Gasteiger partial charge on any atom is 0.258 e. The predicted molar refractivity (Wildman–Crippen MR) is 138 cm³/mol. The number of anilines is 2. The van der Waals surface area contributed by atoms with E-state index in [2.05, 4.69) is 33.4 Å². The number of nitrogens with one attached hydrogen (secondary N) is 4. The van der Waals surface area contributed by atoms with Crippen LogP contribution < -0.4 is 21.3 Å². The van der Waals surface area contributed by atoms with Gasteiger partial charge in [-0.1, -0.05) is 18.2 Å². The van der Waals surface area contributed by atoms with Gasteiger partial charge in [-0.3, -0.25) is 9.59 Å². The Labute approximate surface area is 209 Å². The van der Waals surface area contributed by atoms with Gasteiger partial charge < -0.3 is 21.3 Å². The molecule has 1 fully saturated rings. The highest BCUT2D eigenvalue weighted by molar-refractivity contribution is 6.04. The lowest BCUT2D eigenvalue weighted by Crippen LogP contribution is -2.24. The number of rotatable bonds is 5. The fourth-order valence-corrected chi connectivity index (χ4v) is 5.34. The van der Waals surface area contributed by atoms with E-state index in [0.29, 0.717) is 12.1 Å². The standard InChI is InChI=1S/C29H29FN4O2/c30-27-13-19(3-6-24(27)28(35)33-22-4-1-20-15-31-9-7-17(20)11-22)25-14-26(25)29(36)34-23-5-2-21-16-32-10-8-18(21)12-23/h1-6,11-13,25-26,31-32H,7-10,14-16H2,(H,33,35)(H,34,36). The summed E-state index contributed by atoms with van der Waals surface area (Å²) in [6.07, 6.45) is 2.53. The van der Waals surface area contributed by atoms with Crippen LogP contribution in [0.25, 0.3) is 0 Å². The van der Waals surface area contributed by atoms with Crippen LogP contribution in [0.5, 0.6) is 0 Å². The molecule has 7 heteroatoms. The van der Waals surface area contributed by atoms with Crippen LogP contribution in [-0.2, 0) is 30.7 Å². The van der Waals surface area contributed by atoms with Crippen molar-refractivity contribution in [3.8, 4) is 0 Å². The van der Waals surface area contributed by atoms with Crippen LogP contribution in [0.1, 0.15) is 50.5 Å². The minimum atomic E-state index is -0.568. The molecule has 36 heavy (non-hydrogen) atoms. The number of carbonyl (C=O) groups excluding carboxylic acids is 2. The summed E-state index contributed by atoms with van der Waals surface area (Å²) in [7, 11) is 0. The summed E-state index contributed by atoms with van der Waals surface area (Å²) in [5, 5.41) is 12.5. The summed E-state index contributed by atoms with van der Waals surface area (Å²) in [6.45, 7) is 3.54. The molecule has 1 aliphatic carbocycles. The topological polar surface area (TPSA) is 82.3 Å². The molecule has 0 bridgehead atoms. The normalized spacial score (nSPS) is 20.1. The van der Waals surface area contributed by atoms with Gasteiger partial charge >= 0.3 is 0 Å². The lowest BCUT2D eigenvalue weighted by molar-refractivity contribution is -0.117. The number of fused-ring (bicyclic) bond motifs is 2. The number of hydrogen-bond donors (Lipinski definition) is 4. The molecule has 2 atom stereocenters. The van der Waals surface area contributed by atoms with Gasteiger partial charge in [0, 0.05) is 30.4 Å². The second-order valence-corrected chi connectivity index (χ2v) is 9.95. The van der Waals surface area contributed by atoms with E-state index in [0.717, 1.165) is 50.3 Å². The van der Waals surface area contributed by atoms with Crippen LogP contribution >= 0.6 is 0 Å². The van der Waals surface area contributed by atoms with Gasteiger partial charge in [-0.05, 0) is 102 Å². The molecule has 4 N–H and O–H groups in total. The van der Waals surface area contributed by atoms with E-state index in [1.807, 2.05) is 24.3 Å². The second kappa shape index (κ2) is 9.48. The van der Waals surface area contributed by atoms with Crippen molar-refractivity contribution in [3.63, 3.8) is 0 Å². The Morgan fingerprint density at radius 2 is 1.42 bits per heavy atom. The molecular formula is C29H29FN4O2. The molecule has 184 valence electrons. The number of benzene rings is 3. The van der Waals surface area contributed by atoms with Gasteiger partial charge in [-0.25, -0.2) is 4.39 Å². The molecule has 3 aliphatic rings. The zero-order chi connectivity index (χ0) is 24.6. The zero-order valence-electron chi connectivity index (χ0n) is 20.0. The first-order valence-electron chi connectivity index (χ1n) is 12.6. The van der Waals surface area contributed by atoms with E-state index >= 15 is 0 Å². The maximum atomic E-state index is 14.9. The molecule has 3 aromatic carbocycles. The Kier molecular flexibility index (Phi) is 6.03. The van der Waals surface area contributed by atoms with Crippen LogP contribution in [0.2, 0.25) is 0 Å². The molecule has 2 unspecified atom stereocenters. The van der Waals surface area contributed by atoms with Gasteiger partial charge in [-0.2, -0.15) is 0 Å². The molecule has 0 aromatic heterocycles. The van der Waals surface area contributed by atoms with E-state index < -0.39 is 11.7 Å². The van der Waals surface area contributed by atoms with Gasteiger partial charge in [0.25, 0.3) is 5.91 Å². The summed E-state index contributed by atoms with van der Waals surface area (Å²) < 4.78 is 14.9. The monoisotopic (exact) mass is 484 g/mol. The first kappa shape index (κ1) is 22.9. The van der Waals surface area contributed by atoms with Crippen LogP contribution in [0.3, 0.4) is 0 Å². The van der Waals surface area contributed by atoms with Crippen molar-refractivity contribution >= 4 is 23.2 Å². The molecule has 2 amide bonds. The van der Waals surface area contributed by atoms with Crippen molar-refractivity contribution in [1.82, 2.24) is 10.6 Å². The largest absolute Gasteiger partial charge is 0.326 e. The van der Waals surface area contributed by atoms with Crippen molar-refractivity contribution < 1.29 is 14.0 Å². The van der Waals surface area contributed by atoms with Gasteiger partial charge in [0.1, 0.15) is 5.82 Å². The summed E-state index contributed by atoms with van der Waals surface area (Å²) >= 11 is 0. The molecule has 3 aromatic rings. The molecule has 1 saturated carbocycles. The van der Waals surface area contributed by atoms with Gasteiger partial charge in [0.2, 0.25) is 5.91 Å². The lowest BCUT2D eigenvalue weighted by atomic mass is 10.00. The predicted octanol–water partition coefficient (Wildman–Crippen LogP) is 4.11. The Balaban J connectivity index is 1.09. The van der Waals surface area contributed by atoms with E-state index in [1.54, 1.807) is 6.07 Å². The highest BCUT2D eigenvalue weighted by atomic mass is 19.1. The minimum absolute atomic E-state index is 0.00309. The van der Waals surface area contributed by atoms with Crippen LogP contribution in [0.4, 0.5) is 15.8 Å². The fraction of sp³-hybridized carbons (Fsp3) is 0.310. The molecule has 0 spiro atoms. The average Bonchev–Trinajstić information content (AvgIpc) is 3.70. The zero-order valence-corrected chi connectivity index (χ0v) is 20.0. The SMILES string of the molecule is O=C(Nc1ccc2c(c1)CCNC2)c1ccc(C2CC2C(=O)Nc2ccc3c(c2)CCNC3)cc1F. The van der Waals surface area contributed by atoms with Gasteiger partial charge in [0.05, 0.1) is 5.56 Å². The quantitative estimate of drug-likeness (QED) is 0.439. The minimum Gasteiger partial charge on any atom is -0.326 e. The number of hydrogen-bond acceptors (Lipinski definition) is 4. The van der Waals surface area contributed by atoms with Crippen molar-refractivity contribution in [3.05, 3.63) is 93.8 Å². The van der Waals surface area contributed by atoms with Crippen molar-refractivity contribution in [2.75, 3.05) is 23.7 Å². The molecule has 6 nitrogen and oxygen atoms in total. The van der Waals surface area contributed by atoms with Gasteiger partial charge in [0.15, 0.2) is 0 Å². The number of carbonyl (C=O) groups is 2. The molecule has 2 aliphatic heterocycles. The third-order valence-electron chi connectivity index (χ3n) is 7.50. The summed E-state index contributed by atoms with van der Waals surface area (Å²) in [6, 6.07) is 16.5. The second-order valence-electron chi connectivity index (χ2n) is 9.95. The highest BCUT2D eigenvalue weighted by Crippen LogP contribution is 2.48. The Morgan fingerprint density at radius 1 is 0.778 bits per heavy atom. The highest BCUT2D eigenvalue weighted by Gasteiger charge is 2.44. The molecule has 0 saturated heterocycles. The van der Waals surface area contributed by atoms with E-state index in [9.17, 15) is 14.0 Å². The first-order valence-corrected chi connectivity index (χ1v) is 12.6. The van der Waals surface area contributed by atoms with Crippen LogP contribution in [-0.4, -0.2) is 24.9 Å². The smallest absolute Gasteiger partial charge is 0.258 e. The summed E-state index contributed by atoms with van der Waals surface area (Å²) in [4.78, 5) is 25.6. The van der Waals surface area contributed by atoms with E-state index in [-0.39, 0.29) is 23.3 Å². The molecular weight excluding hydrogens is 455 g/mol. The Bertz CT molecular complexity index is 1360. The van der Waals surface area contributed by atoms with Crippen molar-refractivity contribution in [2.24, 2.45) is 5.92 Å². The van der Waals surface area contributed by atoms with E-state index in [1.165, 1.54) is 34.4 Å². The third-order valence-corrected chi connectivity index (χ3v) is 7.50. The Morgan fingerprint density at radius 3 is 2.06 bits per heavy atom. The average molecular weight is 485 g/mol. The van der Waals surface area contributed by atoms with Crippen LogP contribution in [0.15, 0.2) is 54.6 Å². The fourth-order valence-electron chi connectivity index (χ4n) is 5.34. The maximum absolute atomic E-state index is 14.9. The number of halogens is 1. The molecule has 6 rings (SSSR count). The summed E-state index contributed by atoms with van der Waals surface area (Å²) in [5.41, 5.74) is 7.19. The van der Waals surface area contributed by atoms with Gasteiger partial charge in [-0.15, -0.1) is 0 Å². The molecule has 2 heterocycles. The van der Waals surface area contributed by atoms with Crippen molar-refractivity contribution in [2.45, 2.75) is 38.3 Å². The Hall–Kier alpha value is -3.55. The summed E-state index contributed by atoms with van der Waals surface area (Å²) in [5.74, 6) is -1.31. The number of amides is 2. The third kappa shape index (κ3) is 4.64. The van der Waals surface area contributed by atoms with Crippen LogP contribution in [0, 0.1) is 11.7 Å². The van der Waals surface area contributed by atoms with E-state index in [4.69, 9.17) is 0 Å².